The lowest BCUT2D eigenvalue weighted by Crippen LogP contribution is -2.05. The zero-order valence-electron chi connectivity index (χ0n) is 35.3. The summed E-state index contributed by atoms with van der Waals surface area (Å²) in [4.78, 5) is 10.1. The van der Waals surface area contributed by atoms with Crippen LogP contribution in [0.15, 0.2) is 218 Å². The molecule has 0 atom stereocenters. The van der Waals surface area contributed by atoms with E-state index in [1.807, 2.05) is 24.3 Å². The number of rotatable bonds is 8. The van der Waals surface area contributed by atoms with Crippen LogP contribution in [0.4, 0.5) is 0 Å². The highest BCUT2D eigenvalue weighted by Crippen LogP contribution is 2.40. The minimum atomic E-state index is 0.726. The van der Waals surface area contributed by atoms with Crippen LogP contribution in [0, 0.1) is 0 Å². The fourth-order valence-electron chi connectivity index (χ4n) is 9.82. The third kappa shape index (κ3) is 6.88. The molecule has 0 spiro atoms. The normalized spacial score (nSPS) is 12.4. The van der Waals surface area contributed by atoms with Crippen molar-refractivity contribution in [1.82, 2.24) is 14.5 Å². The molecule has 0 saturated heterocycles. The average molecular weight is 818 g/mol. The van der Waals surface area contributed by atoms with Gasteiger partial charge in [-0.1, -0.05) is 188 Å². The van der Waals surface area contributed by atoms with Gasteiger partial charge in [-0.3, -0.25) is 0 Å². The molecule has 0 amide bonds. The maximum absolute atomic E-state index is 5.08. The zero-order valence-corrected chi connectivity index (χ0v) is 35.3. The summed E-state index contributed by atoms with van der Waals surface area (Å²) in [6.45, 7) is 0. The Kier molecular flexibility index (Phi) is 9.38. The van der Waals surface area contributed by atoms with E-state index in [-0.39, 0.29) is 0 Å². The molecule has 1 aliphatic carbocycles. The second-order valence-electron chi connectivity index (χ2n) is 16.9. The maximum Gasteiger partial charge on any atom is 0.160 e. The van der Waals surface area contributed by atoms with Gasteiger partial charge in [-0.25, -0.2) is 9.97 Å². The fourth-order valence-corrected chi connectivity index (χ4v) is 9.82. The summed E-state index contributed by atoms with van der Waals surface area (Å²) >= 11 is 0. The smallest absolute Gasteiger partial charge is 0.160 e. The Morgan fingerprint density at radius 2 is 1.02 bits per heavy atom. The minimum absolute atomic E-state index is 0.726. The Hall–Kier alpha value is -8.14. The van der Waals surface area contributed by atoms with Crippen molar-refractivity contribution in [3.63, 3.8) is 0 Å². The van der Waals surface area contributed by atoms with E-state index in [1.54, 1.807) is 0 Å². The van der Waals surface area contributed by atoms with Crippen molar-refractivity contribution >= 4 is 44.1 Å². The SMILES string of the molecule is C1=C(c2ccc(-c3cc(-c4ccccc4)nc(-c4ccccc4)n3)cc2)CCc2c1c1ccccc1n2-c1cccc(-c2ccc3c(Cc4ccccc4)cc4ccccc4c3c2)c1. The standard InChI is InChI=1S/C61H43N3/c1-4-15-41(16-5-1)35-50-36-49-21-10-11-24-52(49)55-38-48(31-33-53(50)55)46-22-14-23-51(37-46)64-59-26-13-12-25-54(59)56-39-47(32-34-60(56)64)42-27-29-44(30-28-42)58-40-57(43-17-6-2-7-18-43)62-61(63-58)45-19-8-3-9-20-45/h1-31,33,36-40H,32,34-35H2. The molecule has 9 aromatic carbocycles. The lowest BCUT2D eigenvalue weighted by Gasteiger charge is -2.19. The quantitative estimate of drug-likeness (QED) is 0.143. The first kappa shape index (κ1) is 37.6. The molecule has 0 unspecified atom stereocenters. The maximum atomic E-state index is 5.08. The average Bonchev–Trinajstić information content (AvgIpc) is 3.71. The Morgan fingerprint density at radius 1 is 0.406 bits per heavy atom. The molecule has 64 heavy (non-hydrogen) atoms. The number of nitrogens with zero attached hydrogens (tertiary/aromatic N) is 3. The number of hydrogen-bond acceptors (Lipinski definition) is 2. The number of benzene rings is 9. The Labute approximate surface area is 373 Å². The third-order valence-electron chi connectivity index (χ3n) is 13.0. The van der Waals surface area contributed by atoms with Gasteiger partial charge < -0.3 is 4.57 Å². The van der Waals surface area contributed by atoms with E-state index in [0.29, 0.717) is 0 Å². The van der Waals surface area contributed by atoms with E-state index >= 15 is 0 Å². The molecule has 3 nitrogen and oxygen atoms in total. The molecular formula is C61H43N3. The molecule has 0 saturated carbocycles. The predicted octanol–water partition coefficient (Wildman–Crippen LogP) is 15.5. The molecule has 11 aromatic rings. The van der Waals surface area contributed by atoms with Gasteiger partial charge in [0.2, 0.25) is 0 Å². The van der Waals surface area contributed by atoms with Crippen molar-refractivity contribution in [2.24, 2.45) is 0 Å². The topological polar surface area (TPSA) is 30.7 Å². The Bertz CT molecular complexity index is 3490. The fraction of sp³-hybridized carbons (Fsp3) is 0.0492. The van der Waals surface area contributed by atoms with Gasteiger partial charge in [-0.05, 0) is 111 Å². The number of allylic oxidation sites excluding steroid dienone is 1. The van der Waals surface area contributed by atoms with Crippen LogP contribution in [0.1, 0.15) is 34.4 Å². The van der Waals surface area contributed by atoms with Crippen LogP contribution in [0.25, 0.3) is 94.8 Å². The van der Waals surface area contributed by atoms with Crippen molar-refractivity contribution in [3.05, 3.63) is 246 Å². The lowest BCUT2D eigenvalue weighted by atomic mass is 9.90. The highest BCUT2D eigenvalue weighted by atomic mass is 15.0. The van der Waals surface area contributed by atoms with Gasteiger partial charge in [0.25, 0.3) is 0 Å². The van der Waals surface area contributed by atoms with Crippen LogP contribution in [-0.4, -0.2) is 14.5 Å². The van der Waals surface area contributed by atoms with Gasteiger partial charge in [0.1, 0.15) is 0 Å². The van der Waals surface area contributed by atoms with Crippen LogP contribution in [0.3, 0.4) is 0 Å². The predicted molar refractivity (Wildman–Crippen MR) is 268 cm³/mol. The van der Waals surface area contributed by atoms with E-state index in [0.717, 1.165) is 53.2 Å². The molecule has 0 bridgehead atoms. The number of fused-ring (bicyclic) bond motifs is 6. The van der Waals surface area contributed by atoms with Gasteiger partial charge in [-0.2, -0.15) is 0 Å². The van der Waals surface area contributed by atoms with Crippen LogP contribution in [-0.2, 0) is 12.8 Å². The van der Waals surface area contributed by atoms with Crippen LogP contribution >= 0.6 is 0 Å². The van der Waals surface area contributed by atoms with Crippen molar-refractivity contribution < 1.29 is 0 Å². The molecule has 0 aliphatic heterocycles. The highest BCUT2D eigenvalue weighted by Gasteiger charge is 2.22. The molecule has 1 aliphatic rings. The first-order valence-corrected chi connectivity index (χ1v) is 22.2. The van der Waals surface area contributed by atoms with Gasteiger partial charge in [0, 0.05) is 39.0 Å². The second kappa shape index (κ2) is 16.0. The molecule has 2 aromatic heterocycles. The second-order valence-corrected chi connectivity index (χ2v) is 16.9. The number of para-hydroxylation sites is 1. The monoisotopic (exact) mass is 817 g/mol. The summed E-state index contributed by atoms with van der Waals surface area (Å²) in [5.74, 6) is 0.726. The summed E-state index contributed by atoms with van der Waals surface area (Å²) in [6.07, 6.45) is 5.24. The molecule has 3 heteroatoms. The molecule has 302 valence electrons. The van der Waals surface area contributed by atoms with E-state index in [1.165, 1.54) is 82.8 Å². The van der Waals surface area contributed by atoms with Crippen LogP contribution in [0.2, 0.25) is 0 Å². The Morgan fingerprint density at radius 3 is 1.80 bits per heavy atom. The van der Waals surface area contributed by atoms with Crippen molar-refractivity contribution in [2.45, 2.75) is 19.3 Å². The molecule has 0 radical (unpaired) electrons. The largest absolute Gasteiger partial charge is 0.313 e. The van der Waals surface area contributed by atoms with Crippen molar-refractivity contribution in [1.29, 1.82) is 0 Å². The molecule has 0 N–H and O–H groups in total. The highest BCUT2D eigenvalue weighted by molar-refractivity contribution is 6.10. The van der Waals surface area contributed by atoms with Gasteiger partial charge >= 0.3 is 0 Å². The van der Waals surface area contributed by atoms with E-state index < -0.39 is 0 Å². The summed E-state index contributed by atoms with van der Waals surface area (Å²) < 4.78 is 2.50. The molecule has 12 rings (SSSR count). The van der Waals surface area contributed by atoms with Gasteiger partial charge in [0.05, 0.1) is 16.9 Å². The van der Waals surface area contributed by atoms with E-state index in [2.05, 4.69) is 205 Å². The first-order valence-electron chi connectivity index (χ1n) is 22.2. The molecular weight excluding hydrogens is 775 g/mol. The van der Waals surface area contributed by atoms with Gasteiger partial charge in [-0.15, -0.1) is 0 Å². The summed E-state index contributed by atoms with van der Waals surface area (Å²) in [6, 6.07) is 78.7. The summed E-state index contributed by atoms with van der Waals surface area (Å²) in [7, 11) is 0. The van der Waals surface area contributed by atoms with Gasteiger partial charge in [0.15, 0.2) is 5.82 Å². The van der Waals surface area contributed by atoms with Crippen LogP contribution < -0.4 is 0 Å². The van der Waals surface area contributed by atoms with Crippen LogP contribution in [0.5, 0.6) is 0 Å². The lowest BCUT2D eigenvalue weighted by molar-refractivity contribution is 0.898. The Balaban J connectivity index is 0.896. The third-order valence-corrected chi connectivity index (χ3v) is 13.0. The van der Waals surface area contributed by atoms with Crippen molar-refractivity contribution in [3.8, 4) is 50.7 Å². The first-order chi connectivity index (χ1) is 31.7. The van der Waals surface area contributed by atoms with E-state index in [9.17, 15) is 0 Å². The molecule has 2 heterocycles. The summed E-state index contributed by atoms with van der Waals surface area (Å²) in [5.41, 5.74) is 17.8. The van der Waals surface area contributed by atoms with Crippen molar-refractivity contribution in [2.75, 3.05) is 0 Å². The van der Waals surface area contributed by atoms with E-state index in [4.69, 9.17) is 9.97 Å². The minimum Gasteiger partial charge on any atom is -0.313 e. The summed E-state index contributed by atoms with van der Waals surface area (Å²) in [5, 5.41) is 6.46. The zero-order chi connectivity index (χ0) is 42.4. The number of hydrogen-bond donors (Lipinski definition) is 0. The molecule has 0 fully saturated rings. The number of aromatic nitrogens is 3.